The van der Waals surface area contributed by atoms with Crippen molar-refractivity contribution < 1.29 is 23.1 Å². The highest BCUT2D eigenvalue weighted by Gasteiger charge is 2.37. The maximum Gasteiger partial charge on any atom is 0.277 e. The molecule has 24 heavy (non-hydrogen) atoms. The van der Waals surface area contributed by atoms with Crippen LogP contribution in [0.25, 0.3) is 0 Å². The van der Waals surface area contributed by atoms with E-state index in [0.29, 0.717) is 18.0 Å². The van der Waals surface area contributed by atoms with Crippen molar-refractivity contribution in [3.05, 3.63) is 24.3 Å². The summed E-state index contributed by atoms with van der Waals surface area (Å²) in [5, 5.41) is 2.17. The maximum absolute atomic E-state index is 13.1. The van der Waals surface area contributed by atoms with E-state index in [-0.39, 0.29) is 18.9 Å². The highest BCUT2D eigenvalue weighted by molar-refractivity contribution is 6.01. The van der Waals surface area contributed by atoms with Gasteiger partial charge in [0.1, 0.15) is 5.75 Å². The number of para-hydroxylation sites is 2. The smallest absolute Gasteiger partial charge is 0.277 e. The normalized spacial score (nSPS) is 17.9. The molecule has 2 amide bonds. The van der Waals surface area contributed by atoms with Gasteiger partial charge in [-0.3, -0.25) is 9.59 Å². The number of nitrogens with zero attached hydrogens (tertiary/aromatic N) is 1. The van der Waals surface area contributed by atoms with Gasteiger partial charge in [0.2, 0.25) is 11.8 Å². The fraction of sp³-hybridized carbons (Fsp3) is 0.500. The van der Waals surface area contributed by atoms with Gasteiger partial charge in [0.15, 0.2) is 0 Å². The summed E-state index contributed by atoms with van der Waals surface area (Å²) in [5.41, 5.74) is 5.51. The van der Waals surface area contributed by atoms with E-state index in [0.717, 1.165) is 0 Å². The van der Waals surface area contributed by atoms with Gasteiger partial charge in [0.25, 0.3) is 5.92 Å². The van der Waals surface area contributed by atoms with E-state index in [1.165, 1.54) is 4.90 Å². The zero-order chi connectivity index (χ0) is 17.7. The third-order valence-corrected chi connectivity index (χ3v) is 3.77. The van der Waals surface area contributed by atoms with Crippen LogP contribution >= 0.6 is 0 Å². The lowest BCUT2D eigenvalue weighted by molar-refractivity contribution is -0.127. The Kier molecular flexibility index (Phi) is 5.71. The van der Waals surface area contributed by atoms with Gasteiger partial charge in [-0.15, -0.1) is 0 Å². The quantitative estimate of drug-likeness (QED) is 0.779. The second-order valence-corrected chi connectivity index (χ2v) is 5.58. The molecule has 0 bridgehead atoms. The molecular formula is C16H21F2N3O3. The summed E-state index contributed by atoms with van der Waals surface area (Å²) in [5.74, 6) is -4.11. The Balaban J connectivity index is 2.05. The average Bonchev–Trinajstić information content (AvgIpc) is 2.95. The highest BCUT2D eigenvalue weighted by atomic mass is 19.3. The molecule has 0 aliphatic carbocycles. The zero-order valence-electron chi connectivity index (χ0n) is 13.4. The third kappa shape index (κ3) is 4.19. The van der Waals surface area contributed by atoms with Crippen LogP contribution in [0.15, 0.2) is 24.3 Å². The van der Waals surface area contributed by atoms with Gasteiger partial charge in [0.05, 0.1) is 31.3 Å². The van der Waals surface area contributed by atoms with Crippen LogP contribution in [0.3, 0.4) is 0 Å². The maximum atomic E-state index is 13.1. The Bertz CT molecular complexity index is 610. The first kappa shape index (κ1) is 18.1. The summed E-state index contributed by atoms with van der Waals surface area (Å²) in [6, 6.07) is 7.02. The molecule has 1 unspecified atom stereocenters. The molecule has 132 valence electrons. The van der Waals surface area contributed by atoms with Gasteiger partial charge in [-0.2, -0.15) is 0 Å². The molecule has 1 aromatic carbocycles. The van der Waals surface area contributed by atoms with E-state index in [2.05, 4.69) is 5.32 Å². The van der Waals surface area contributed by atoms with Gasteiger partial charge in [-0.05, 0) is 19.1 Å². The number of ether oxygens (including phenoxy) is 1. The number of anilines is 1. The number of benzene rings is 1. The van der Waals surface area contributed by atoms with Crippen molar-refractivity contribution in [3.63, 3.8) is 0 Å². The minimum atomic E-state index is -3.15. The van der Waals surface area contributed by atoms with Crippen molar-refractivity contribution >= 4 is 17.5 Å². The Labute approximate surface area is 138 Å². The molecule has 1 aliphatic heterocycles. The lowest BCUT2D eigenvalue weighted by Crippen LogP contribution is -2.44. The summed E-state index contributed by atoms with van der Waals surface area (Å²) >= 11 is 0. The second kappa shape index (κ2) is 7.57. The lowest BCUT2D eigenvalue weighted by Gasteiger charge is -2.20. The van der Waals surface area contributed by atoms with E-state index in [1.807, 2.05) is 6.92 Å². The van der Waals surface area contributed by atoms with Crippen LogP contribution < -0.4 is 20.7 Å². The van der Waals surface area contributed by atoms with Crippen molar-refractivity contribution in [1.29, 1.82) is 0 Å². The van der Waals surface area contributed by atoms with Crippen LogP contribution in [-0.2, 0) is 9.59 Å². The zero-order valence-corrected chi connectivity index (χ0v) is 13.4. The number of amides is 2. The molecule has 8 heteroatoms. The van der Waals surface area contributed by atoms with Crippen LogP contribution in [0.2, 0.25) is 0 Å². The molecule has 1 fully saturated rings. The monoisotopic (exact) mass is 341 g/mol. The van der Waals surface area contributed by atoms with Crippen molar-refractivity contribution in [3.8, 4) is 5.75 Å². The van der Waals surface area contributed by atoms with Crippen molar-refractivity contribution in [2.45, 2.75) is 19.3 Å². The van der Waals surface area contributed by atoms with Crippen molar-refractivity contribution in [1.82, 2.24) is 5.32 Å². The van der Waals surface area contributed by atoms with Gasteiger partial charge >= 0.3 is 0 Å². The first-order valence-electron chi connectivity index (χ1n) is 7.75. The Morgan fingerprint density at radius 3 is 2.83 bits per heavy atom. The summed E-state index contributed by atoms with van der Waals surface area (Å²) < 4.78 is 31.7. The summed E-state index contributed by atoms with van der Waals surface area (Å²) in [4.78, 5) is 25.7. The number of hydrogen-bond donors (Lipinski definition) is 2. The van der Waals surface area contributed by atoms with E-state index in [9.17, 15) is 18.4 Å². The Morgan fingerprint density at radius 1 is 1.46 bits per heavy atom. The summed E-state index contributed by atoms with van der Waals surface area (Å²) in [7, 11) is 0. The highest BCUT2D eigenvalue weighted by Crippen LogP contribution is 2.33. The molecule has 6 nitrogen and oxygen atoms in total. The Hall–Kier alpha value is -2.22. The lowest BCUT2D eigenvalue weighted by atomic mass is 10.1. The van der Waals surface area contributed by atoms with Crippen LogP contribution in [0.1, 0.15) is 13.3 Å². The molecule has 0 saturated carbocycles. The van der Waals surface area contributed by atoms with Crippen LogP contribution in [0, 0.1) is 5.92 Å². The number of halogens is 2. The van der Waals surface area contributed by atoms with Crippen LogP contribution in [0.4, 0.5) is 14.5 Å². The number of nitrogens with two attached hydrogens (primary N) is 1. The predicted molar refractivity (Wildman–Crippen MR) is 85.1 cm³/mol. The van der Waals surface area contributed by atoms with E-state index in [1.54, 1.807) is 24.3 Å². The number of carbonyl (C=O) groups excluding carboxylic acids is 2. The average molecular weight is 341 g/mol. The molecular weight excluding hydrogens is 320 g/mol. The molecule has 1 heterocycles. The molecule has 0 radical (unpaired) electrons. The van der Waals surface area contributed by atoms with E-state index < -0.39 is 30.8 Å². The summed E-state index contributed by atoms with van der Waals surface area (Å²) in [6.07, 6.45) is -0.0273. The topological polar surface area (TPSA) is 84.7 Å². The standard InChI is InChI=1S/C16H21F2N3O3/c1-2-24-13-6-4-3-5-12(13)21-8-11(7-14(21)22)15(23)20-10-16(17,18)9-19/h3-6,11H,2,7-10,19H2,1H3,(H,20,23). The number of carbonyl (C=O) groups is 2. The molecule has 3 N–H and O–H groups in total. The third-order valence-electron chi connectivity index (χ3n) is 3.77. The molecule has 1 aliphatic rings. The van der Waals surface area contributed by atoms with E-state index >= 15 is 0 Å². The number of alkyl halides is 2. The Morgan fingerprint density at radius 2 is 2.17 bits per heavy atom. The van der Waals surface area contributed by atoms with Gasteiger partial charge < -0.3 is 20.7 Å². The number of rotatable bonds is 7. The molecule has 1 aromatic rings. The van der Waals surface area contributed by atoms with Gasteiger partial charge in [-0.1, -0.05) is 12.1 Å². The fourth-order valence-electron chi connectivity index (χ4n) is 2.51. The van der Waals surface area contributed by atoms with Crippen molar-refractivity contribution in [2.75, 3.05) is 31.1 Å². The molecule has 1 saturated heterocycles. The number of hydrogen-bond acceptors (Lipinski definition) is 4. The molecule has 1 atom stereocenters. The van der Waals surface area contributed by atoms with Gasteiger partial charge in [0, 0.05) is 13.0 Å². The van der Waals surface area contributed by atoms with Gasteiger partial charge in [-0.25, -0.2) is 8.78 Å². The van der Waals surface area contributed by atoms with Crippen LogP contribution in [-0.4, -0.2) is 44.0 Å². The van der Waals surface area contributed by atoms with Crippen LogP contribution in [0.5, 0.6) is 5.75 Å². The van der Waals surface area contributed by atoms with E-state index in [4.69, 9.17) is 10.5 Å². The fourth-order valence-corrected chi connectivity index (χ4v) is 2.51. The second-order valence-electron chi connectivity index (χ2n) is 5.58. The summed E-state index contributed by atoms with van der Waals surface area (Å²) in [6.45, 7) is 0.726. The SMILES string of the molecule is CCOc1ccccc1N1CC(C(=O)NCC(F)(F)CN)CC1=O. The molecule has 0 aromatic heterocycles. The molecule has 2 rings (SSSR count). The number of nitrogens with one attached hydrogen (secondary N) is 1. The largest absolute Gasteiger partial charge is 0.492 e. The minimum absolute atomic E-state index is 0.0273. The molecule has 0 spiro atoms. The first-order valence-corrected chi connectivity index (χ1v) is 7.75. The van der Waals surface area contributed by atoms with Crippen molar-refractivity contribution in [2.24, 2.45) is 11.7 Å². The minimum Gasteiger partial charge on any atom is -0.492 e. The first-order chi connectivity index (χ1) is 11.4. The predicted octanol–water partition coefficient (Wildman–Crippen LogP) is 1.15.